The predicted octanol–water partition coefficient (Wildman–Crippen LogP) is 1.59. The molecule has 1 aliphatic rings. The third-order valence-corrected chi connectivity index (χ3v) is 5.36. The molecule has 0 unspecified atom stereocenters. The summed E-state index contributed by atoms with van der Waals surface area (Å²) >= 11 is 0. The number of rotatable bonds is 7. The summed E-state index contributed by atoms with van der Waals surface area (Å²) in [6.07, 6.45) is -0.950. The molecule has 1 fully saturated rings. The molecule has 1 aromatic carbocycles. The fourth-order valence-corrected chi connectivity index (χ4v) is 3.63. The number of alkyl halides is 3. The Morgan fingerprint density at radius 3 is 2.48 bits per heavy atom. The molecule has 1 amide bonds. The first-order valence-electron chi connectivity index (χ1n) is 8.20. The Kier molecular flexibility index (Phi) is 6.82. The fraction of sp³-hybridized carbons (Fsp3) is 0.500. The first kappa shape index (κ1) is 21.2. The van der Waals surface area contributed by atoms with Crippen molar-refractivity contribution in [3.05, 3.63) is 29.8 Å². The maximum absolute atomic E-state index is 12.7. The number of halogens is 3. The van der Waals surface area contributed by atoms with Crippen LogP contribution in [0.1, 0.15) is 31.2 Å². The van der Waals surface area contributed by atoms with Crippen LogP contribution in [-0.4, -0.2) is 39.5 Å². The lowest BCUT2D eigenvalue weighted by Gasteiger charge is -2.12. The first-order valence-corrected chi connectivity index (χ1v) is 9.68. The minimum absolute atomic E-state index is 0.0515. The average molecular weight is 408 g/mol. The molecule has 27 heavy (non-hydrogen) atoms. The second kappa shape index (κ2) is 8.70. The van der Waals surface area contributed by atoms with E-state index >= 15 is 0 Å². The topological polar surface area (TPSA) is 102 Å². The van der Waals surface area contributed by atoms with Gasteiger partial charge in [0.2, 0.25) is 10.0 Å². The lowest BCUT2D eigenvalue weighted by Crippen LogP contribution is -2.37. The summed E-state index contributed by atoms with van der Waals surface area (Å²) in [5.41, 5.74) is -1.13. The van der Waals surface area contributed by atoms with Gasteiger partial charge in [-0.3, -0.25) is 9.59 Å². The molecule has 150 valence electrons. The normalized spacial score (nSPS) is 15.5. The Morgan fingerprint density at radius 2 is 1.85 bits per heavy atom. The van der Waals surface area contributed by atoms with Gasteiger partial charge in [0.15, 0.2) is 6.61 Å². The van der Waals surface area contributed by atoms with Gasteiger partial charge in [-0.1, -0.05) is 18.9 Å². The van der Waals surface area contributed by atoms with Crippen LogP contribution in [0.3, 0.4) is 0 Å². The van der Waals surface area contributed by atoms with E-state index in [-0.39, 0.29) is 6.04 Å². The molecule has 1 aliphatic carbocycles. The quantitative estimate of drug-likeness (QED) is 0.667. The molecule has 0 aliphatic heterocycles. The van der Waals surface area contributed by atoms with E-state index in [0.717, 1.165) is 43.9 Å². The molecule has 0 heterocycles. The van der Waals surface area contributed by atoms with E-state index in [1.807, 2.05) is 4.72 Å². The number of benzene rings is 1. The SMILES string of the molecule is O=C(COC(=O)CNS(=O)(=O)c1cccc(C(F)(F)F)c1)NC1CCCC1. The average Bonchev–Trinajstić information content (AvgIpc) is 3.10. The summed E-state index contributed by atoms with van der Waals surface area (Å²) in [6, 6.07) is 3.16. The minimum atomic E-state index is -4.70. The Morgan fingerprint density at radius 1 is 1.19 bits per heavy atom. The van der Waals surface area contributed by atoms with Crippen molar-refractivity contribution in [2.24, 2.45) is 0 Å². The van der Waals surface area contributed by atoms with Gasteiger partial charge in [0.1, 0.15) is 6.54 Å². The second-order valence-corrected chi connectivity index (χ2v) is 7.83. The summed E-state index contributed by atoms with van der Waals surface area (Å²) in [5.74, 6) is -1.51. The summed E-state index contributed by atoms with van der Waals surface area (Å²) in [6.45, 7) is -1.37. The third-order valence-electron chi connectivity index (χ3n) is 3.96. The molecule has 1 aromatic rings. The number of nitrogens with one attached hydrogen (secondary N) is 2. The highest BCUT2D eigenvalue weighted by atomic mass is 32.2. The van der Waals surface area contributed by atoms with Crippen LogP contribution in [0.25, 0.3) is 0 Å². The number of esters is 1. The maximum Gasteiger partial charge on any atom is 0.416 e. The van der Waals surface area contributed by atoms with Crippen LogP contribution in [0, 0.1) is 0 Å². The Labute approximate surface area is 154 Å². The van der Waals surface area contributed by atoms with E-state index < -0.39 is 51.7 Å². The van der Waals surface area contributed by atoms with Crippen molar-refractivity contribution in [1.29, 1.82) is 0 Å². The summed E-state index contributed by atoms with van der Waals surface area (Å²) in [7, 11) is -4.35. The van der Waals surface area contributed by atoms with Crippen molar-refractivity contribution < 1.29 is 35.9 Å². The number of hydrogen-bond donors (Lipinski definition) is 2. The molecule has 7 nitrogen and oxygen atoms in total. The van der Waals surface area contributed by atoms with Gasteiger partial charge in [-0.2, -0.15) is 17.9 Å². The fourth-order valence-electron chi connectivity index (χ4n) is 2.61. The molecule has 0 saturated heterocycles. The molecular formula is C16H19F3N2O5S. The van der Waals surface area contributed by atoms with Crippen molar-refractivity contribution >= 4 is 21.9 Å². The molecule has 0 spiro atoms. The van der Waals surface area contributed by atoms with Crippen LogP contribution in [0.15, 0.2) is 29.2 Å². The first-order chi connectivity index (χ1) is 12.6. The van der Waals surface area contributed by atoms with E-state index in [2.05, 4.69) is 10.1 Å². The molecule has 0 radical (unpaired) electrons. The second-order valence-electron chi connectivity index (χ2n) is 6.06. The van der Waals surface area contributed by atoms with Gasteiger partial charge < -0.3 is 10.1 Å². The van der Waals surface area contributed by atoms with Crippen molar-refractivity contribution in [3.63, 3.8) is 0 Å². The lowest BCUT2D eigenvalue weighted by atomic mass is 10.2. The lowest BCUT2D eigenvalue weighted by molar-refractivity contribution is -0.147. The van der Waals surface area contributed by atoms with Crippen LogP contribution in [-0.2, 0) is 30.5 Å². The van der Waals surface area contributed by atoms with Gasteiger partial charge >= 0.3 is 12.1 Å². The van der Waals surface area contributed by atoms with Crippen molar-refractivity contribution in [2.45, 2.75) is 42.8 Å². The minimum Gasteiger partial charge on any atom is -0.455 e. The summed E-state index contributed by atoms with van der Waals surface area (Å²) in [4.78, 5) is 22.6. The molecule has 2 rings (SSSR count). The van der Waals surface area contributed by atoms with Crippen LogP contribution in [0.2, 0.25) is 0 Å². The zero-order valence-electron chi connectivity index (χ0n) is 14.2. The number of sulfonamides is 1. The van der Waals surface area contributed by atoms with Gasteiger partial charge in [-0.05, 0) is 31.0 Å². The summed E-state index contributed by atoms with van der Waals surface area (Å²) in [5, 5.41) is 2.69. The van der Waals surface area contributed by atoms with Crippen molar-refractivity contribution in [2.75, 3.05) is 13.2 Å². The van der Waals surface area contributed by atoms with Crippen LogP contribution >= 0.6 is 0 Å². The largest absolute Gasteiger partial charge is 0.455 e. The van der Waals surface area contributed by atoms with Crippen molar-refractivity contribution in [3.8, 4) is 0 Å². The molecule has 0 atom stereocenters. The number of ether oxygens (including phenoxy) is 1. The van der Waals surface area contributed by atoms with Gasteiger partial charge in [0, 0.05) is 6.04 Å². The van der Waals surface area contributed by atoms with Gasteiger partial charge in [-0.15, -0.1) is 0 Å². The smallest absolute Gasteiger partial charge is 0.416 e. The van der Waals surface area contributed by atoms with E-state index in [4.69, 9.17) is 0 Å². The molecule has 0 aromatic heterocycles. The van der Waals surface area contributed by atoms with Crippen LogP contribution < -0.4 is 10.0 Å². The van der Waals surface area contributed by atoms with E-state index in [9.17, 15) is 31.2 Å². The molecular weight excluding hydrogens is 389 g/mol. The zero-order valence-corrected chi connectivity index (χ0v) is 15.0. The van der Waals surface area contributed by atoms with Crippen molar-refractivity contribution in [1.82, 2.24) is 10.0 Å². The number of carbonyl (C=O) groups excluding carboxylic acids is 2. The molecule has 2 N–H and O–H groups in total. The molecule has 11 heteroatoms. The predicted molar refractivity (Wildman–Crippen MR) is 88.0 cm³/mol. The zero-order chi connectivity index (χ0) is 20.1. The highest BCUT2D eigenvalue weighted by Gasteiger charge is 2.31. The molecule has 1 saturated carbocycles. The Hall–Kier alpha value is -2.14. The highest BCUT2D eigenvalue weighted by molar-refractivity contribution is 7.89. The highest BCUT2D eigenvalue weighted by Crippen LogP contribution is 2.30. The Balaban J connectivity index is 1.83. The third kappa shape index (κ3) is 6.51. The van der Waals surface area contributed by atoms with Gasteiger partial charge in [-0.25, -0.2) is 8.42 Å². The Bertz CT molecular complexity index is 789. The van der Waals surface area contributed by atoms with Crippen LogP contribution in [0.4, 0.5) is 13.2 Å². The standard InChI is InChI=1S/C16H19F3N2O5S/c17-16(18,19)11-4-3-7-13(8-11)27(24,25)20-9-15(23)26-10-14(22)21-12-5-1-2-6-12/h3-4,7-8,12,20H,1-2,5-6,9-10H2,(H,21,22). The number of hydrogen-bond acceptors (Lipinski definition) is 5. The van der Waals surface area contributed by atoms with Crippen LogP contribution in [0.5, 0.6) is 0 Å². The van der Waals surface area contributed by atoms with Gasteiger partial charge in [0.05, 0.1) is 10.5 Å². The van der Waals surface area contributed by atoms with E-state index in [1.165, 1.54) is 0 Å². The van der Waals surface area contributed by atoms with Gasteiger partial charge in [0.25, 0.3) is 5.91 Å². The number of carbonyl (C=O) groups is 2. The monoisotopic (exact) mass is 408 g/mol. The molecule has 0 bridgehead atoms. The van der Waals surface area contributed by atoms with E-state index in [0.29, 0.717) is 6.07 Å². The number of amides is 1. The van der Waals surface area contributed by atoms with E-state index in [1.54, 1.807) is 0 Å². The summed E-state index contributed by atoms with van der Waals surface area (Å²) < 4.78 is 68.5. The maximum atomic E-state index is 12.7.